The topological polar surface area (TPSA) is 134 Å². The monoisotopic (exact) mass is 355 g/mol. The number of nitro groups is 1. The van der Waals surface area contributed by atoms with E-state index in [1.54, 1.807) is 0 Å². The minimum atomic E-state index is -4.83. The second-order valence-electron chi connectivity index (χ2n) is 4.78. The predicted octanol–water partition coefficient (Wildman–Crippen LogP) is -1.72. The van der Waals surface area contributed by atoms with E-state index in [2.05, 4.69) is 0 Å². The average molecular weight is 355 g/mol. The van der Waals surface area contributed by atoms with Crippen molar-refractivity contribution in [2.45, 2.75) is 4.90 Å². The first kappa shape index (κ1) is 18.4. The number of ketones is 2. The molecule has 0 aromatic heterocycles. The van der Waals surface area contributed by atoms with Gasteiger partial charge in [-0.25, -0.2) is 8.42 Å². The van der Waals surface area contributed by atoms with E-state index in [0.29, 0.717) is 0 Å². The van der Waals surface area contributed by atoms with E-state index in [9.17, 15) is 32.7 Å². The standard InChI is InChI=1S/C14H7NO7S.Na/c16-13-8-5-4-7(23(20,21)22)6-10(8)14(17)12-9(13)2-1-3-11(12)15(18)19;/h1-6H,(H,20,21,22);/q;+1/p-1. The third-order valence-corrected chi connectivity index (χ3v) is 4.31. The van der Waals surface area contributed by atoms with E-state index < -0.39 is 42.8 Å². The van der Waals surface area contributed by atoms with Crippen LogP contribution < -0.4 is 29.6 Å². The number of fused-ring (bicyclic) bond motifs is 2. The van der Waals surface area contributed by atoms with Crippen LogP contribution in [0.5, 0.6) is 0 Å². The van der Waals surface area contributed by atoms with Gasteiger partial charge in [-0.3, -0.25) is 19.7 Å². The largest absolute Gasteiger partial charge is 1.00 e. The van der Waals surface area contributed by atoms with Crippen molar-refractivity contribution in [2.24, 2.45) is 0 Å². The summed E-state index contributed by atoms with van der Waals surface area (Å²) in [5, 5.41) is 11.1. The summed E-state index contributed by atoms with van der Waals surface area (Å²) in [5.74, 6) is -1.51. The molecule has 2 aromatic carbocycles. The van der Waals surface area contributed by atoms with Crippen molar-refractivity contribution < 1.29 is 57.0 Å². The molecule has 0 amide bonds. The zero-order chi connectivity index (χ0) is 16.9. The summed E-state index contributed by atoms with van der Waals surface area (Å²) in [6.07, 6.45) is 0. The van der Waals surface area contributed by atoms with Crippen molar-refractivity contribution in [1.29, 1.82) is 0 Å². The maximum absolute atomic E-state index is 12.5. The maximum atomic E-state index is 12.5. The van der Waals surface area contributed by atoms with Gasteiger partial charge >= 0.3 is 29.6 Å². The fourth-order valence-corrected chi connectivity index (χ4v) is 2.96. The van der Waals surface area contributed by atoms with Crippen molar-refractivity contribution >= 4 is 27.4 Å². The number of hydrogen-bond acceptors (Lipinski definition) is 7. The van der Waals surface area contributed by atoms with E-state index in [0.717, 1.165) is 24.3 Å². The van der Waals surface area contributed by atoms with Gasteiger partial charge in [0.15, 0.2) is 5.78 Å². The van der Waals surface area contributed by atoms with Crippen LogP contribution in [-0.2, 0) is 10.1 Å². The summed E-state index contributed by atoms with van der Waals surface area (Å²) in [5.41, 5.74) is -1.53. The first-order valence-electron chi connectivity index (χ1n) is 6.18. The molecule has 24 heavy (non-hydrogen) atoms. The molecule has 0 unspecified atom stereocenters. The quantitative estimate of drug-likeness (QED) is 0.231. The van der Waals surface area contributed by atoms with Crippen LogP contribution in [0.25, 0.3) is 0 Å². The van der Waals surface area contributed by atoms with Crippen molar-refractivity contribution in [2.75, 3.05) is 0 Å². The normalized spacial score (nSPS) is 12.9. The molecule has 0 heterocycles. The minimum Gasteiger partial charge on any atom is -0.744 e. The number of carbonyl (C=O) groups is 2. The van der Waals surface area contributed by atoms with Crippen LogP contribution in [0.1, 0.15) is 31.8 Å². The van der Waals surface area contributed by atoms with E-state index >= 15 is 0 Å². The van der Waals surface area contributed by atoms with Crippen LogP contribution in [0.15, 0.2) is 41.3 Å². The molecule has 0 N–H and O–H groups in total. The molecule has 3 rings (SSSR count). The molecule has 0 atom stereocenters. The van der Waals surface area contributed by atoms with Gasteiger partial charge in [-0.05, 0) is 24.3 Å². The van der Waals surface area contributed by atoms with Gasteiger partial charge in [-0.2, -0.15) is 0 Å². The Balaban J connectivity index is 0.00000208. The van der Waals surface area contributed by atoms with Crippen molar-refractivity contribution in [1.82, 2.24) is 0 Å². The second kappa shape index (κ2) is 6.19. The molecule has 0 saturated carbocycles. The zero-order valence-corrected chi connectivity index (χ0v) is 15.0. The number of carbonyl (C=O) groups excluding carboxylic acids is 2. The summed E-state index contributed by atoms with van der Waals surface area (Å²) in [7, 11) is -4.83. The molecular formula is C14H6NNaO7S. The third-order valence-electron chi connectivity index (χ3n) is 3.48. The number of rotatable bonds is 2. The van der Waals surface area contributed by atoms with Gasteiger partial charge in [-0.15, -0.1) is 0 Å². The van der Waals surface area contributed by atoms with Crippen LogP contribution in [-0.4, -0.2) is 29.5 Å². The van der Waals surface area contributed by atoms with Crippen LogP contribution in [0.4, 0.5) is 5.69 Å². The summed E-state index contributed by atoms with van der Waals surface area (Å²) >= 11 is 0. The van der Waals surface area contributed by atoms with Gasteiger partial charge in [0.1, 0.15) is 15.7 Å². The molecule has 0 radical (unpaired) electrons. The van der Waals surface area contributed by atoms with E-state index in [1.165, 1.54) is 12.1 Å². The van der Waals surface area contributed by atoms with E-state index in [-0.39, 0.29) is 46.2 Å². The average Bonchev–Trinajstić information content (AvgIpc) is 2.50. The fraction of sp³-hybridized carbons (Fsp3) is 0. The Labute approximate surface area is 157 Å². The molecule has 1 aliphatic rings. The molecule has 10 heteroatoms. The van der Waals surface area contributed by atoms with Gasteiger partial charge in [0.05, 0.1) is 9.82 Å². The Kier molecular flexibility index (Phi) is 4.75. The van der Waals surface area contributed by atoms with Crippen LogP contribution in [0.3, 0.4) is 0 Å². The maximum Gasteiger partial charge on any atom is 1.00 e. The molecule has 1 aliphatic carbocycles. The summed E-state index contributed by atoms with van der Waals surface area (Å²) < 4.78 is 33.2. The molecule has 8 nitrogen and oxygen atoms in total. The molecule has 116 valence electrons. The van der Waals surface area contributed by atoms with Crippen LogP contribution >= 0.6 is 0 Å². The summed E-state index contributed by atoms with van der Waals surface area (Å²) in [6, 6.07) is 6.39. The first-order chi connectivity index (χ1) is 10.7. The molecule has 0 bridgehead atoms. The Morgan fingerprint density at radius 2 is 1.58 bits per heavy atom. The van der Waals surface area contributed by atoms with E-state index in [1.807, 2.05) is 0 Å². The smallest absolute Gasteiger partial charge is 0.744 e. The van der Waals surface area contributed by atoms with Crippen LogP contribution in [0, 0.1) is 10.1 Å². The molecule has 0 spiro atoms. The third kappa shape index (κ3) is 2.80. The minimum absolute atomic E-state index is 0. The van der Waals surface area contributed by atoms with Gasteiger partial charge < -0.3 is 4.55 Å². The first-order valence-corrected chi connectivity index (χ1v) is 7.59. The van der Waals surface area contributed by atoms with Crippen molar-refractivity contribution in [3.05, 3.63) is 68.8 Å². The van der Waals surface area contributed by atoms with E-state index in [4.69, 9.17) is 0 Å². The summed E-state index contributed by atoms with van der Waals surface area (Å²) in [6.45, 7) is 0. The Bertz CT molecular complexity index is 1010. The number of hydrogen-bond donors (Lipinski definition) is 0. The number of nitrogens with zero attached hydrogens (tertiary/aromatic N) is 1. The summed E-state index contributed by atoms with van der Waals surface area (Å²) in [4.78, 5) is 34.5. The molecule has 2 aromatic rings. The Morgan fingerprint density at radius 3 is 2.17 bits per heavy atom. The Morgan fingerprint density at radius 1 is 0.917 bits per heavy atom. The predicted molar refractivity (Wildman–Crippen MR) is 74.4 cm³/mol. The van der Waals surface area contributed by atoms with Gasteiger partial charge in [0.25, 0.3) is 5.69 Å². The molecule has 0 saturated heterocycles. The van der Waals surface area contributed by atoms with Crippen LogP contribution in [0.2, 0.25) is 0 Å². The Hall–Kier alpha value is -1.91. The molecular weight excluding hydrogens is 349 g/mol. The number of nitro benzene ring substituents is 1. The fourth-order valence-electron chi connectivity index (χ4n) is 2.46. The van der Waals surface area contributed by atoms with Gasteiger partial charge in [-0.1, -0.05) is 6.07 Å². The second-order valence-corrected chi connectivity index (χ2v) is 6.16. The molecule has 0 fully saturated rings. The molecule has 0 aliphatic heterocycles. The van der Waals surface area contributed by atoms with Gasteiger partial charge in [0, 0.05) is 22.8 Å². The van der Waals surface area contributed by atoms with Crippen molar-refractivity contribution in [3.8, 4) is 0 Å². The SMILES string of the molecule is O=C1c2ccc(S(=O)(=O)[O-])cc2C(=O)c2c1cccc2[N+](=O)[O-].[Na+]. The number of benzene rings is 2. The van der Waals surface area contributed by atoms with Gasteiger partial charge in [0.2, 0.25) is 5.78 Å². The zero-order valence-electron chi connectivity index (χ0n) is 12.2. The van der Waals surface area contributed by atoms with Crippen molar-refractivity contribution in [3.63, 3.8) is 0 Å².